The molecule has 4 unspecified atom stereocenters. The normalized spacial score (nSPS) is 37.0. The summed E-state index contributed by atoms with van der Waals surface area (Å²) in [5.74, 6) is 1.95. The number of hydrogen-bond donors (Lipinski definition) is 1. The third-order valence-corrected chi connectivity index (χ3v) is 4.31. The molecule has 1 fully saturated rings. The van der Waals surface area contributed by atoms with Crippen LogP contribution in [0.15, 0.2) is 18.2 Å². The van der Waals surface area contributed by atoms with E-state index in [9.17, 15) is 4.39 Å². The van der Waals surface area contributed by atoms with Crippen LogP contribution in [0, 0.1) is 17.7 Å². The Morgan fingerprint density at radius 1 is 1.40 bits per heavy atom. The van der Waals surface area contributed by atoms with Gasteiger partial charge in [0.25, 0.3) is 0 Å². The Morgan fingerprint density at radius 3 is 2.93 bits per heavy atom. The first-order chi connectivity index (χ1) is 7.22. The van der Waals surface area contributed by atoms with E-state index in [4.69, 9.17) is 0 Å². The van der Waals surface area contributed by atoms with Crippen molar-refractivity contribution in [3.05, 3.63) is 35.1 Å². The summed E-state index contributed by atoms with van der Waals surface area (Å²) in [6.45, 7) is 2.29. The zero-order valence-electron chi connectivity index (χ0n) is 9.13. The minimum absolute atomic E-state index is 0.0938. The van der Waals surface area contributed by atoms with Crippen LogP contribution < -0.4 is 5.32 Å². The number of hydrogen-bond acceptors (Lipinski definition) is 1. The van der Waals surface area contributed by atoms with Crippen molar-refractivity contribution in [2.45, 2.75) is 25.3 Å². The number of halogens is 1. The monoisotopic (exact) mass is 205 g/mol. The summed E-state index contributed by atoms with van der Waals surface area (Å²) in [7, 11) is 2.03. The van der Waals surface area contributed by atoms with E-state index in [0.29, 0.717) is 23.8 Å². The Morgan fingerprint density at radius 2 is 2.20 bits per heavy atom. The standard InChI is InChI=1S/C13H16FN/c1-7-12-10-4-3-9(14)5-8(10)6-11(12)13(7)15-2/h3-5,7,11-13,15H,6H2,1-2H3. The second-order valence-electron chi connectivity index (χ2n) is 4.91. The van der Waals surface area contributed by atoms with Crippen LogP contribution in [-0.4, -0.2) is 13.1 Å². The first-order valence-corrected chi connectivity index (χ1v) is 5.68. The lowest BCUT2D eigenvalue weighted by Gasteiger charge is -2.47. The minimum atomic E-state index is -0.0938. The maximum atomic E-state index is 13.1. The first kappa shape index (κ1) is 9.34. The van der Waals surface area contributed by atoms with Crippen LogP contribution in [0.5, 0.6) is 0 Å². The molecule has 1 aromatic carbocycles. The molecule has 2 aliphatic carbocycles. The molecule has 1 N–H and O–H groups in total. The van der Waals surface area contributed by atoms with Crippen LogP contribution in [0.1, 0.15) is 24.0 Å². The predicted molar refractivity (Wildman–Crippen MR) is 58.3 cm³/mol. The van der Waals surface area contributed by atoms with Gasteiger partial charge in [0.05, 0.1) is 0 Å². The van der Waals surface area contributed by atoms with Gasteiger partial charge in [-0.15, -0.1) is 0 Å². The topological polar surface area (TPSA) is 12.0 Å². The molecule has 0 heterocycles. The third-order valence-electron chi connectivity index (χ3n) is 4.31. The Kier molecular flexibility index (Phi) is 1.90. The Bertz CT molecular complexity index is 402. The van der Waals surface area contributed by atoms with Crippen molar-refractivity contribution in [1.29, 1.82) is 0 Å². The van der Waals surface area contributed by atoms with Gasteiger partial charge in [0.1, 0.15) is 5.82 Å². The Hall–Kier alpha value is -0.890. The lowest BCUT2D eigenvalue weighted by molar-refractivity contribution is 0.104. The van der Waals surface area contributed by atoms with Crippen molar-refractivity contribution in [2.24, 2.45) is 11.8 Å². The molecular formula is C13H16FN. The van der Waals surface area contributed by atoms with Crippen LogP contribution in [-0.2, 0) is 6.42 Å². The molecule has 0 amide bonds. The van der Waals surface area contributed by atoms with Crippen molar-refractivity contribution < 1.29 is 4.39 Å². The summed E-state index contributed by atoms with van der Waals surface area (Å²) in [6, 6.07) is 5.91. The molecule has 0 aromatic heterocycles. The van der Waals surface area contributed by atoms with Crippen molar-refractivity contribution in [2.75, 3.05) is 7.05 Å². The Labute approximate surface area is 89.7 Å². The highest BCUT2D eigenvalue weighted by molar-refractivity contribution is 5.41. The predicted octanol–water partition coefficient (Wildman–Crippen LogP) is 2.32. The van der Waals surface area contributed by atoms with Gasteiger partial charge in [0.15, 0.2) is 0 Å². The van der Waals surface area contributed by atoms with Gasteiger partial charge in [-0.2, -0.15) is 0 Å². The average Bonchev–Trinajstić information content (AvgIpc) is 2.52. The molecule has 1 saturated carbocycles. The van der Waals surface area contributed by atoms with Crippen molar-refractivity contribution in [1.82, 2.24) is 5.32 Å². The van der Waals surface area contributed by atoms with Gasteiger partial charge in [-0.3, -0.25) is 0 Å². The highest BCUT2D eigenvalue weighted by Crippen LogP contribution is 2.54. The third kappa shape index (κ3) is 1.11. The molecule has 0 aliphatic heterocycles. The van der Waals surface area contributed by atoms with Gasteiger partial charge in [-0.25, -0.2) is 4.39 Å². The van der Waals surface area contributed by atoms with Crippen LogP contribution in [0.25, 0.3) is 0 Å². The van der Waals surface area contributed by atoms with Gasteiger partial charge in [0.2, 0.25) is 0 Å². The fourth-order valence-electron chi connectivity index (χ4n) is 3.66. The van der Waals surface area contributed by atoms with Crippen molar-refractivity contribution in [3.63, 3.8) is 0 Å². The van der Waals surface area contributed by atoms with Crippen LogP contribution >= 0.6 is 0 Å². The summed E-state index contributed by atoms with van der Waals surface area (Å²) in [5, 5.41) is 3.38. The van der Waals surface area contributed by atoms with E-state index in [2.05, 4.69) is 12.2 Å². The molecule has 80 valence electrons. The second kappa shape index (κ2) is 3.05. The summed E-state index contributed by atoms with van der Waals surface area (Å²) in [6.07, 6.45) is 1.05. The van der Waals surface area contributed by atoms with E-state index in [1.165, 1.54) is 11.1 Å². The first-order valence-electron chi connectivity index (χ1n) is 5.68. The number of rotatable bonds is 1. The molecule has 1 aromatic rings. The summed E-state index contributed by atoms with van der Waals surface area (Å²) >= 11 is 0. The van der Waals surface area contributed by atoms with Gasteiger partial charge in [0, 0.05) is 6.04 Å². The Balaban J connectivity index is 1.97. The molecule has 0 spiro atoms. The summed E-state index contributed by atoms with van der Waals surface area (Å²) in [5.41, 5.74) is 2.62. The van der Waals surface area contributed by atoms with Crippen molar-refractivity contribution in [3.8, 4) is 0 Å². The number of fused-ring (bicyclic) bond motifs is 3. The molecule has 0 bridgehead atoms. The maximum absolute atomic E-state index is 13.1. The molecule has 2 heteroatoms. The molecule has 2 aliphatic rings. The highest BCUT2D eigenvalue weighted by Gasteiger charge is 2.51. The summed E-state index contributed by atoms with van der Waals surface area (Å²) < 4.78 is 13.1. The molecule has 15 heavy (non-hydrogen) atoms. The minimum Gasteiger partial charge on any atom is -0.316 e. The van der Waals surface area contributed by atoms with Gasteiger partial charge in [-0.05, 0) is 54.5 Å². The maximum Gasteiger partial charge on any atom is 0.123 e. The lowest BCUT2D eigenvalue weighted by atomic mass is 9.62. The SMILES string of the molecule is CNC1C(C)C2c3ccc(F)cc3CC12. The summed E-state index contributed by atoms with van der Waals surface area (Å²) in [4.78, 5) is 0. The van der Waals surface area contributed by atoms with Gasteiger partial charge in [-0.1, -0.05) is 13.0 Å². The van der Waals surface area contributed by atoms with E-state index < -0.39 is 0 Å². The fraction of sp³-hybridized carbons (Fsp3) is 0.538. The molecule has 3 rings (SSSR count). The molecule has 4 atom stereocenters. The van der Waals surface area contributed by atoms with E-state index in [1.54, 1.807) is 12.1 Å². The zero-order valence-corrected chi connectivity index (χ0v) is 9.13. The molecule has 1 nitrogen and oxygen atoms in total. The van der Waals surface area contributed by atoms with Gasteiger partial charge >= 0.3 is 0 Å². The smallest absolute Gasteiger partial charge is 0.123 e. The van der Waals surface area contributed by atoms with E-state index in [1.807, 2.05) is 13.1 Å². The quantitative estimate of drug-likeness (QED) is 0.742. The van der Waals surface area contributed by atoms with Crippen LogP contribution in [0.4, 0.5) is 4.39 Å². The van der Waals surface area contributed by atoms with Gasteiger partial charge < -0.3 is 5.32 Å². The highest BCUT2D eigenvalue weighted by atomic mass is 19.1. The molecule has 0 radical (unpaired) electrons. The van der Waals surface area contributed by atoms with E-state index >= 15 is 0 Å². The van der Waals surface area contributed by atoms with Crippen LogP contribution in [0.2, 0.25) is 0 Å². The van der Waals surface area contributed by atoms with Crippen LogP contribution in [0.3, 0.4) is 0 Å². The van der Waals surface area contributed by atoms with Crippen molar-refractivity contribution >= 4 is 0 Å². The number of nitrogens with one attached hydrogen (secondary N) is 1. The largest absolute Gasteiger partial charge is 0.316 e. The fourth-order valence-corrected chi connectivity index (χ4v) is 3.66. The van der Waals surface area contributed by atoms with E-state index in [-0.39, 0.29) is 5.82 Å². The average molecular weight is 205 g/mol. The van der Waals surface area contributed by atoms with E-state index in [0.717, 1.165) is 6.42 Å². The number of benzene rings is 1. The molecular weight excluding hydrogens is 189 g/mol. The molecule has 0 saturated heterocycles. The lowest BCUT2D eigenvalue weighted by Crippen LogP contribution is -2.53. The zero-order chi connectivity index (χ0) is 10.6. The second-order valence-corrected chi connectivity index (χ2v) is 4.91.